The molecule has 0 atom stereocenters. The van der Waals surface area contributed by atoms with Gasteiger partial charge in [-0.15, -0.1) is 0 Å². The lowest BCUT2D eigenvalue weighted by molar-refractivity contribution is -0.133. The van der Waals surface area contributed by atoms with E-state index in [9.17, 15) is 9.59 Å². The number of nitrogens with zero attached hydrogens (tertiary/aromatic N) is 1. The van der Waals surface area contributed by atoms with Crippen LogP contribution in [0.15, 0.2) is 60.7 Å². The third-order valence-corrected chi connectivity index (χ3v) is 4.85. The third kappa shape index (κ3) is 5.46. The van der Waals surface area contributed by atoms with E-state index >= 15 is 0 Å². The molecule has 5 nitrogen and oxygen atoms in total. The van der Waals surface area contributed by atoms with Gasteiger partial charge in [0.1, 0.15) is 0 Å². The van der Waals surface area contributed by atoms with Crippen molar-refractivity contribution in [1.29, 1.82) is 0 Å². The van der Waals surface area contributed by atoms with Crippen molar-refractivity contribution < 1.29 is 9.59 Å². The van der Waals surface area contributed by atoms with Gasteiger partial charge in [0.15, 0.2) is 0 Å². The van der Waals surface area contributed by atoms with E-state index in [0.717, 1.165) is 24.1 Å². The van der Waals surface area contributed by atoms with Gasteiger partial charge >= 0.3 is 0 Å². The normalized spacial score (nSPS) is 13.7. The highest BCUT2D eigenvalue weighted by Crippen LogP contribution is 2.18. The smallest absolute Gasteiger partial charge is 0.244 e. The molecule has 0 aromatic heterocycles. The molecule has 3 rings (SSSR count). The van der Waals surface area contributed by atoms with E-state index < -0.39 is 0 Å². The summed E-state index contributed by atoms with van der Waals surface area (Å²) in [6.45, 7) is 3.07. The summed E-state index contributed by atoms with van der Waals surface area (Å²) in [6, 6.07) is 18.4. The fraction of sp³-hybridized carbons (Fsp3) is 0.304. The molecule has 2 aromatic carbocycles. The Kier molecular flexibility index (Phi) is 6.84. The lowest BCUT2D eigenvalue weighted by Crippen LogP contribution is -2.46. The fourth-order valence-electron chi connectivity index (χ4n) is 3.13. The summed E-state index contributed by atoms with van der Waals surface area (Å²) in [6.07, 6.45) is 4.31. The Bertz CT molecular complexity index is 829. The molecule has 1 aliphatic rings. The molecule has 2 N–H and O–H groups in total. The Morgan fingerprint density at radius 1 is 1.07 bits per heavy atom. The number of hydrazine groups is 1. The van der Waals surface area contributed by atoms with Gasteiger partial charge in [-0.3, -0.25) is 20.0 Å². The summed E-state index contributed by atoms with van der Waals surface area (Å²) in [4.78, 5) is 24.3. The molecule has 2 aromatic rings. The maximum Gasteiger partial charge on any atom is 0.244 e. The zero-order chi connectivity index (χ0) is 19.8. The fourth-order valence-corrected chi connectivity index (χ4v) is 3.13. The minimum absolute atomic E-state index is 0.0222. The molecule has 28 heavy (non-hydrogen) atoms. The maximum atomic E-state index is 12.2. The monoisotopic (exact) mass is 377 g/mol. The van der Waals surface area contributed by atoms with Gasteiger partial charge in [0.05, 0.1) is 12.2 Å². The van der Waals surface area contributed by atoms with Crippen LogP contribution in [0.5, 0.6) is 0 Å². The van der Waals surface area contributed by atoms with Crippen molar-refractivity contribution in [3.63, 3.8) is 0 Å². The van der Waals surface area contributed by atoms with Crippen LogP contribution in [0.4, 0.5) is 0 Å². The number of hydrogen-bond donors (Lipinski definition) is 2. The summed E-state index contributed by atoms with van der Waals surface area (Å²) < 4.78 is 0. The summed E-state index contributed by atoms with van der Waals surface area (Å²) in [5, 5.41) is 4.46. The summed E-state index contributed by atoms with van der Waals surface area (Å²) in [5.41, 5.74) is 7.58. The van der Waals surface area contributed by atoms with Crippen molar-refractivity contribution in [1.82, 2.24) is 15.8 Å². The summed E-state index contributed by atoms with van der Waals surface area (Å²) in [7, 11) is 0. The Morgan fingerprint density at radius 2 is 1.82 bits per heavy atom. The Hall–Kier alpha value is -3.08. The van der Waals surface area contributed by atoms with Crippen LogP contribution >= 0.6 is 0 Å². The molecule has 146 valence electrons. The summed E-state index contributed by atoms with van der Waals surface area (Å²) in [5.74, 6) is -0.0695. The molecule has 0 saturated heterocycles. The van der Waals surface area contributed by atoms with Crippen LogP contribution in [0, 0.1) is 0 Å². The van der Waals surface area contributed by atoms with E-state index in [1.165, 1.54) is 11.1 Å². The van der Waals surface area contributed by atoms with Gasteiger partial charge in [0.25, 0.3) is 0 Å². The first kappa shape index (κ1) is 19.7. The van der Waals surface area contributed by atoms with Crippen molar-refractivity contribution in [2.75, 3.05) is 13.1 Å². The quantitative estimate of drug-likeness (QED) is 0.743. The molecule has 0 spiro atoms. The van der Waals surface area contributed by atoms with E-state index in [0.29, 0.717) is 19.5 Å². The van der Waals surface area contributed by atoms with Crippen molar-refractivity contribution in [2.24, 2.45) is 0 Å². The second-order valence-electron chi connectivity index (χ2n) is 6.87. The minimum atomic E-state index is -0.0473. The Balaban J connectivity index is 1.46. The SMILES string of the molecule is CCc1ccc(C2=CCC(=O)N(CCC(=O)NCCc3ccccc3)N2)cc1. The Labute approximate surface area is 166 Å². The first-order valence-corrected chi connectivity index (χ1v) is 9.83. The molecule has 1 aliphatic heterocycles. The highest BCUT2D eigenvalue weighted by Gasteiger charge is 2.20. The van der Waals surface area contributed by atoms with E-state index in [2.05, 4.69) is 41.9 Å². The summed E-state index contributed by atoms with van der Waals surface area (Å²) >= 11 is 0. The molecule has 0 saturated carbocycles. The molecule has 0 bridgehead atoms. The number of rotatable bonds is 8. The second-order valence-corrected chi connectivity index (χ2v) is 6.87. The van der Waals surface area contributed by atoms with E-state index in [4.69, 9.17) is 0 Å². The van der Waals surface area contributed by atoms with Gasteiger partial charge in [-0.2, -0.15) is 0 Å². The van der Waals surface area contributed by atoms with Gasteiger partial charge in [0, 0.05) is 19.4 Å². The number of amides is 2. The van der Waals surface area contributed by atoms with Crippen LogP contribution in [0.2, 0.25) is 0 Å². The molecular formula is C23H27N3O2. The van der Waals surface area contributed by atoms with Gasteiger partial charge in [-0.1, -0.05) is 61.5 Å². The molecule has 0 unspecified atom stereocenters. The highest BCUT2D eigenvalue weighted by atomic mass is 16.2. The van der Waals surface area contributed by atoms with Crippen LogP contribution in [0.3, 0.4) is 0 Å². The van der Waals surface area contributed by atoms with Crippen LogP contribution < -0.4 is 10.7 Å². The van der Waals surface area contributed by atoms with Crippen LogP contribution in [-0.4, -0.2) is 29.9 Å². The predicted octanol–water partition coefficient (Wildman–Crippen LogP) is 3.08. The van der Waals surface area contributed by atoms with Crippen molar-refractivity contribution >= 4 is 17.5 Å². The zero-order valence-corrected chi connectivity index (χ0v) is 16.3. The van der Waals surface area contributed by atoms with Crippen LogP contribution in [0.1, 0.15) is 36.5 Å². The van der Waals surface area contributed by atoms with E-state index in [1.54, 1.807) is 5.01 Å². The molecule has 1 heterocycles. The highest BCUT2D eigenvalue weighted by molar-refractivity contribution is 5.84. The van der Waals surface area contributed by atoms with Gasteiger partial charge in [-0.05, 0) is 35.6 Å². The molecule has 0 radical (unpaired) electrons. The maximum absolute atomic E-state index is 12.2. The molecular weight excluding hydrogens is 350 g/mol. The number of nitrogens with one attached hydrogen (secondary N) is 2. The molecule has 5 heteroatoms. The Morgan fingerprint density at radius 3 is 2.54 bits per heavy atom. The predicted molar refractivity (Wildman–Crippen MR) is 111 cm³/mol. The lowest BCUT2D eigenvalue weighted by atomic mass is 10.1. The molecule has 0 aliphatic carbocycles. The number of aryl methyl sites for hydroxylation is 1. The van der Waals surface area contributed by atoms with Crippen LogP contribution in [0.25, 0.3) is 5.70 Å². The average molecular weight is 377 g/mol. The van der Waals surface area contributed by atoms with Crippen molar-refractivity contribution in [3.05, 3.63) is 77.4 Å². The van der Waals surface area contributed by atoms with Crippen LogP contribution in [-0.2, 0) is 22.4 Å². The van der Waals surface area contributed by atoms with Gasteiger partial charge < -0.3 is 5.32 Å². The molecule has 0 fully saturated rings. The molecule has 2 amide bonds. The zero-order valence-electron chi connectivity index (χ0n) is 16.3. The van der Waals surface area contributed by atoms with E-state index in [1.807, 2.05) is 36.4 Å². The third-order valence-electron chi connectivity index (χ3n) is 4.85. The largest absolute Gasteiger partial charge is 0.356 e. The number of benzene rings is 2. The van der Waals surface area contributed by atoms with Gasteiger partial charge in [0.2, 0.25) is 11.8 Å². The number of carbonyl (C=O) groups excluding carboxylic acids is 2. The first-order chi connectivity index (χ1) is 13.7. The van der Waals surface area contributed by atoms with Crippen molar-refractivity contribution in [3.8, 4) is 0 Å². The minimum Gasteiger partial charge on any atom is -0.356 e. The standard InChI is InChI=1S/C23H27N3O2/c1-2-18-8-10-20(11-9-18)21-12-13-23(28)26(25-21)17-15-22(27)24-16-14-19-6-4-3-5-7-19/h3-12,25H,2,13-17H2,1H3,(H,24,27). The van der Waals surface area contributed by atoms with E-state index in [-0.39, 0.29) is 18.2 Å². The number of hydrogen-bond acceptors (Lipinski definition) is 3. The van der Waals surface area contributed by atoms with Crippen molar-refractivity contribution in [2.45, 2.75) is 32.6 Å². The average Bonchev–Trinajstić information content (AvgIpc) is 2.74. The topological polar surface area (TPSA) is 61.4 Å². The second kappa shape index (κ2) is 9.74. The number of carbonyl (C=O) groups is 2. The van der Waals surface area contributed by atoms with Gasteiger partial charge in [-0.25, -0.2) is 0 Å². The lowest BCUT2D eigenvalue weighted by Gasteiger charge is -2.29. The first-order valence-electron chi connectivity index (χ1n) is 9.83.